The zero-order valence-corrected chi connectivity index (χ0v) is 15.9. The normalized spacial score (nSPS) is 12.4. The van der Waals surface area contributed by atoms with Crippen molar-refractivity contribution in [1.82, 2.24) is 5.32 Å². The zero-order valence-electron chi connectivity index (χ0n) is 15.0. The first-order chi connectivity index (χ1) is 12.7. The Kier molecular flexibility index (Phi) is 6.57. The van der Waals surface area contributed by atoms with Crippen LogP contribution in [0.3, 0.4) is 0 Å². The molecule has 144 valence electrons. The SMILES string of the molecule is CC(C)CC(NC(=O)c1ccc(S(=O)(=O)Nc2ccccc2)cc1)C(=O)O. The minimum absolute atomic E-state index is 0.000122. The van der Waals surface area contributed by atoms with Gasteiger partial charge in [-0.1, -0.05) is 32.0 Å². The fraction of sp³-hybridized carbons (Fsp3) is 0.263. The lowest BCUT2D eigenvalue weighted by molar-refractivity contribution is -0.139. The molecule has 3 N–H and O–H groups in total. The van der Waals surface area contributed by atoms with Gasteiger partial charge in [0.15, 0.2) is 0 Å². The number of carboxylic acid groups (broad SMARTS) is 1. The number of hydrogen-bond acceptors (Lipinski definition) is 4. The summed E-state index contributed by atoms with van der Waals surface area (Å²) in [6, 6.07) is 12.8. The van der Waals surface area contributed by atoms with E-state index in [0.29, 0.717) is 12.1 Å². The van der Waals surface area contributed by atoms with E-state index in [2.05, 4.69) is 10.0 Å². The summed E-state index contributed by atoms with van der Waals surface area (Å²) in [6.45, 7) is 3.73. The summed E-state index contributed by atoms with van der Waals surface area (Å²) in [5, 5.41) is 11.7. The Morgan fingerprint density at radius 2 is 1.59 bits per heavy atom. The number of para-hydroxylation sites is 1. The van der Waals surface area contributed by atoms with Crippen molar-refractivity contribution in [3.63, 3.8) is 0 Å². The van der Waals surface area contributed by atoms with Crippen molar-refractivity contribution in [2.75, 3.05) is 4.72 Å². The van der Waals surface area contributed by atoms with Crippen molar-refractivity contribution in [3.05, 3.63) is 60.2 Å². The van der Waals surface area contributed by atoms with Gasteiger partial charge in [0.05, 0.1) is 4.90 Å². The second-order valence-corrected chi connectivity index (χ2v) is 8.17. The van der Waals surface area contributed by atoms with Gasteiger partial charge in [0.25, 0.3) is 15.9 Å². The molecule has 1 atom stereocenters. The molecule has 0 saturated heterocycles. The molecule has 0 saturated carbocycles. The van der Waals surface area contributed by atoms with Gasteiger partial charge in [-0.2, -0.15) is 0 Å². The average molecular weight is 390 g/mol. The number of hydrogen-bond donors (Lipinski definition) is 3. The first-order valence-corrected chi connectivity index (χ1v) is 9.89. The second kappa shape index (κ2) is 8.68. The third-order valence-corrected chi connectivity index (χ3v) is 5.16. The number of amides is 1. The molecule has 1 unspecified atom stereocenters. The summed E-state index contributed by atoms with van der Waals surface area (Å²) >= 11 is 0. The van der Waals surface area contributed by atoms with E-state index in [0.717, 1.165) is 0 Å². The van der Waals surface area contributed by atoms with Gasteiger partial charge in [-0.15, -0.1) is 0 Å². The molecule has 8 heteroatoms. The summed E-state index contributed by atoms with van der Waals surface area (Å²) < 4.78 is 27.2. The molecule has 0 heterocycles. The largest absolute Gasteiger partial charge is 0.480 e. The lowest BCUT2D eigenvalue weighted by Gasteiger charge is -2.16. The number of anilines is 1. The topological polar surface area (TPSA) is 113 Å². The number of sulfonamides is 1. The van der Waals surface area contributed by atoms with Crippen LogP contribution in [0.25, 0.3) is 0 Å². The highest BCUT2D eigenvalue weighted by molar-refractivity contribution is 7.92. The minimum atomic E-state index is -3.78. The number of carbonyl (C=O) groups excluding carboxylic acids is 1. The van der Waals surface area contributed by atoms with Crippen molar-refractivity contribution in [3.8, 4) is 0 Å². The molecule has 2 aromatic rings. The van der Waals surface area contributed by atoms with Crippen molar-refractivity contribution < 1.29 is 23.1 Å². The summed E-state index contributed by atoms with van der Waals surface area (Å²) in [5.41, 5.74) is 0.612. The van der Waals surface area contributed by atoms with Crippen molar-refractivity contribution in [2.45, 2.75) is 31.2 Å². The van der Waals surface area contributed by atoms with Crippen LogP contribution in [0.2, 0.25) is 0 Å². The molecule has 0 aliphatic heterocycles. The highest BCUT2D eigenvalue weighted by Gasteiger charge is 2.22. The molecule has 0 aliphatic rings. The smallest absolute Gasteiger partial charge is 0.326 e. The highest BCUT2D eigenvalue weighted by atomic mass is 32.2. The van der Waals surface area contributed by atoms with E-state index >= 15 is 0 Å². The molecule has 0 radical (unpaired) electrons. The molecule has 0 bridgehead atoms. The monoisotopic (exact) mass is 390 g/mol. The molecule has 2 aromatic carbocycles. The Hall–Kier alpha value is -2.87. The van der Waals surface area contributed by atoms with Crippen molar-refractivity contribution in [1.29, 1.82) is 0 Å². The third-order valence-electron chi connectivity index (χ3n) is 3.76. The molecule has 7 nitrogen and oxygen atoms in total. The van der Waals surface area contributed by atoms with Crippen LogP contribution in [-0.4, -0.2) is 31.4 Å². The number of rotatable bonds is 8. The number of nitrogens with one attached hydrogen (secondary N) is 2. The Morgan fingerprint density at radius 1 is 1.00 bits per heavy atom. The first-order valence-electron chi connectivity index (χ1n) is 8.40. The van der Waals surface area contributed by atoms with Crippen molar-refractivity contribution >= 4 is 27.6 Å². The van der Waals surface area contributed by atoms with Crippen molar-refractivity contribution in [2.24, 2.45) is 5.92 Å². The van der Waals surface area contributed by atoms with E-state index in [1.807, 2.05) is 13.8 Å². The Morgan fingerprint density at radius 3 is 2.11 bits per heavy atom. The fourth-order valence-electron chi connectivity index (χ4n) is 2.44. The van der Waals surface area contributed by atoms with E-state index in [-0.39, 0.29) is 16.4 Å². The highest BCUT2D eigenvalue weighted by Crippen LogP contribution is 2.16. The van der Waals surface area contributed by atoms with Gasteiger partial charge in [-0.05, 0) is 48.7 Å². The molecule has 27 heavy (non-hydrogen) atoms. The van der Waals surface area contributed by atoms with E-state index < -0.39 is 27.9 Å². The van der Waals surface area contributed by atoms with Crippen LogP contribution in [0.1, 0.15) is 30.6 Å². The summed E-state index contributed by atoms with van der Waals surface area (Å²) in [7, 11) is -3.78. The predicted molar refractivity (Wildman–Crippen MR) is 102 cm³/mol. The van der Waals surface area contributed by atoms with Crippen LogP contribution < -0.4 is 10.0 Å². The Labute approximate surface area is 158 Å². The van der Waals surface area contributed by atoms with E-state index in [9.17, 15) is 23.1 Å². The number of carbonyl (C=O) groups is 2. The average Bonchev–Trinajstić information content (AvgIpc) is 2.61. The molecular formula is C19H22N2O5S. The summed E-state index contributed by atoms with van der Waals surface area (Å²) in [4.78, 5) is 23.5. The van der Waals surface area contributed by atoms with E-state index in [4.69, 9.17) is 0 Å². The molecule has 0 spiro atoms. The Balaban J connectivity index is 2.11. The molecular weight excluding hydrogens is 368 g/mol. The maximum Gasteiger partial charge on any atom is 0.326 e. The lowest BCUT2D eigenvalue weighted by Crippen LogP contribution is -2.41. The van der Waals surface area contributed by atoms with E-state index in [1.165, 1.54) is 24.3 Å². The van der Waals surface area contributed by atoms with Gasteiger partial charge in [0.2, 0.25) is 0 Å². The maximum atomic E-state index is 12.4. The summed E-state index contributed by atoms with van der Waals surface area (Å²) in [6.07, 6.45) is 0.300. The number of aliphatic carboxylic acids is 1. The molecule has 1 amide bonds. The maximum absolute atomic E-state index is 12.4. The number of carboxylic acids is 1. The lowest BCUT2D eigenvalue weighted by atomic mass is 10.0. The van der Waals surface area contributed by atoms with Gasteiger partial charge in [0.1, 0.15) is 6.04 Å². The fourth-order valence-corrected chi connectivity index (χ4v) is 3.50. The summed E-state index contributed by atoms with van der Waals surface area (Å²) in [5.74, 6) is -1.57. The standard InChI is InChI=1S/C19H22N2O5S/c1-13(2)12-17(19(23)24)20-18(22)14-8-10-16(11-9-14)27(25,26)21-15-6-4-3-5-7-15/h3-11,13,17,21H,12H2,1-2H3,(H,20,22)(H,23,24). The van der Waals surface area contributed by atoms with Gasteiger partial charge in [-0.3, -0.25) is 9.52 Å². The molecule has 2 rings (SSSR count). The molecule has 0 fully saturated rings. The third kappa shape index (κ3) is 5.82. The van der Waals surface area contributed by atoms with Crippen LogP contribution in [-0.2, 0) is 14.8 Å². The van der Waals surface area contributed by atoms with Crippen LogP contribution in [0, 0.1) is 5.92 Å². The van der Waals surface area contributed by atoms with Gasteiger partial charge in [-0.25, -0.2) is 13.2 Å². The van der Waals surface area contributed by atoms with Crippen LogP contribution in [0.5, 0.6) is 0 Å². The van der Waals surface area contributed by atoms with E-state index in [1.54, 1.807) is 30.3 Å². The van der Waals surface area contributed by atoms with Crippen LogP contribution >= 0.6 is 0 Å². The predicted octanol–water partition coefficient (Wildman–Crippen LogP) is 2.72. The minimum Gasteiger partial charge on any atom is -0.480 e. The quantitative estimate of drug-likeness (QED) is 0.641. The van der Waals surface area contributed by atoms with Crippen LogP contribution in [0.15, 0.2) is 59.5 Å². The molecule has 0 aliphatic carbocycles. The molecule has 0 aromatic heterocycles. The number of benzene rings is 2. The zero-order chi connectivity index (χ0) is 20.0. The van der Waals surface area contributed by atoms with Crippen LogP contribution in [0.4, 0.5) is 5.69 Å². The van der Waals surface area contributed by atoms with Gasteiger partial charge in [0, 0.05) is 11.3 Å². The Bertz CT molecular complexity index is 893. The first kappa shape index (κ1) is 20.4. The van der Waals surface area contributed by atoms with Gasteiger partial charge < -0.3 is 10.4 Å². The van der Waals surface area contributed by atoms with Gasteiger partial charge >= 0.3 is 5.97 Å². The second-order valence-electron chi connectivity index (χ2n) is 6.49.